The normalized spacial score (nSPS) is 9.77. The van der Waals surface area contributed by atoms with Crippen molar-refractivity contribution in [3.05, 3.63) is 29.3 Å². The molecule has 0 spiro atoms. The SMILES string of the molecule is Cc1cccc(C)c1NC(=O)CO. The molecule has 0 unspecified atom stereocenters. The molecule has 0 saturated carbocycles. The molecule has 0 aliphatic heterocycles. The van der Waals surface area contributed by atoms with Gasteiger partial charge in [-0.1, -0.05) is 18.2 Å². The Labute approximate surface area is 77.4 Å². The topological polar surface area (TPSA) is 49.3 Å². The average molecular weight is 179 g/mol. The predicted octanol–water partition coefficient (Wildman–Crippen LogP) is 1.23. The summed E-state index contributed by atoms with van der Waals surface area (Å²) in [6, 6.07) is 5.76. The van der Waals surface area contributed by atoms with E-state index in [1.54, 1.807) is 0 Å². The van der Waals surface area contributed by atoms with Gasteiger partial charge in [-0.15, -0.1) is 0 Å². The number of aryl methyl sites for hydroxylation is 2. The summed E-state index contributed by atoms with van der Waals surface area (Å²) in [7, 11) is 0. The molecule has 3 heteroatoms. The summed E-state index contributed by atoms with van der Waals surface area (Å²) in [5.74, 6) is -0.377. The lowest BCUT2D eigenvalue weighted by Gasteiger charge is -2.09. The molecule has 2 N–H and O–H groups in total. The van der Waals surface area contributed by atoms with Crippen molar-refractivity contribution in [2.45, 2.75) is 13.8 Å². The van der Waals surface area contributed by atoms with E-state index in [2.05, 4.69) is 5.32 Å². The summed E-state index contributed by atoms with van der Waals surface area (Å²) >= 11 is 0. The lowest BCUT2D eigenvalue weighted by Crippen LogP contribution is -2.16. The number of hydrogen-bond acceptors (Lipinski definition) is 2. The number of aliphatic hydroxyl groups is 1. The number of benzene rings is 1. The van der Waals surface area contributed by atoms with Crippen molar-refractivity contribution in [3.8, 4) is 0 Å². The van der Waals surface area contributed by atoms with E-state index < -0.39 is 6.61 Å². The van der Waals surface area contributed by atoms with Gasteiger partial charge in [-0.3, -0.25) is 4.79 Å². The fourth-order valence-electron chi connectivity index (χ4n) is 1.19. The van der Waals surface area contributed by atoms with Gasteiger partial charge in [0, 0.05) is 5.69 Å². The minimum atomic E-state index is -0.478. The minimum Gasteiger partial charge on any atom is -0.387 e. The van der Waals surface area contributed by atoms with Crippen molar-refractivity contribution in [2.24, 2.45) is 0 Å². The van der Waals surface area contributed by atoms with E-state index in [9.17, 15) is 4.79 Å². The molecule has 3 nitrogen and oxygen atoms in total. The number of carbonyl (C=O) groups excluding carboxylic acids is 1. The first-order chi connectivity index (χ1) is 6.15. The van der Waals surface area contributed by atoms with Crippen molar-refractivity contribution >= 4 is 11.6 Å². The standard InChI is InChI=1S/C10H13NO2/c1-7-4-3-5-8(2)10(7)11-9(13)6-12/h3-5,12H,6H2,1-2H3,(H,11,13). The molecule has 0 bridgehead atoms. The van der Waals surface area contributed by atoms with Gasteiger partial charge in [-0.05, 0) is 25.0 Å². The predicted molar refractivity (Wildman–Crippen MR) is 51.6 cm³/mol. The summed E-state index contributed by atoms with van der Waals surface area (Å²) in [4.78, 5) is 10.9. The maximum absolute atomic E-state index is 10.9. The summed E-state index contributed by atoms with van der Waals surface area (Å²) in [5, 5.41) is 11.2. The molecule has 0 aliphatic carbocycles. The fourth-order valence-corrected chi connectivity index (χ4v) is 1.19. The number of nitrogens with one attached hydrogen (secondary N) is 1. The van der Waals surface area contributed by atoms with Gasteiger partial charge in [0.2, 0.25) is 5.91 Å². The largest absolute Gasteiger partial charge is 0.387 e. The van der Waals surface area contributed by atoms with Crippen LogP contribution in [0.2, 0.25) is 0 Å². The second kappa shape index (κ2) is 4.05. The van der Waals surface area contributed by atoms with Crippen LogP contribution in [-0.2, 0) is 4.79 Å². The molecule has 0 saturated heterocycles. The zero-order chi connectivity index (χ0) is 9.84. The molecule has 13 heavy (non-hydrogen) atoms. The second-order valence-electron chi connectivity index (χ2n) is 2.97. The Balaban J connectivity index is 2.93. The maximum Gasteiger partial charge on any atom is 0.250 e. The van der Waals surface area contributed by atoms with Gasteiger partial charge in [0.15, 0.2) is 0 Å². The third-order valence-electron chi connectivity index (χ3n) is 1.89. The highest BCUT2D eigenvalue weighted by atomic mass is 16.3. The monoisotopic (exact) mass is 179 g/mol. The van der Waals surface area contributed by atoms with Crippen LogP contribution in [0.4, 0.5) is 5.69 Å². The van der Waals surface area contributed by atoms with E-state index in [1.807, 2.05) is 32.0 Å². The lowest BCUT2D eigenvalue weighted by molar-refractivity contribution is -0.118. The molecule has 0 aromatic heterocycles. The van der Waals surface area contributed by atoms with Crippen LogP contribution >= 0.6 is 0 Å². The number of para-hydroxylation sites is 1. The molecule has 0 radical (unpaired) electrons. The Morgan fingerprint density at radius 1 is 1.38 bits per heavy atom. The molecule has 1 amide bonds. The van der Waals surface area contributed by atoms with Crippen LogP contribution < -0.4 is 5.32 Å². The first kappa shape index (κ1) is 9.74. The Kier molecular flexibility index (Phi) is 3.03. The number of aliphatic hydroxyl groups excluding tert-OH is 1. The van der Waals surface area contributed by atoms with Gasteiger partial charge in [0.25, 0.3) is 0 Å². The van der Waals surface area contributed by atoms with E-state index in [-0.39, 0.29) is 5.91 Å². The third kappa shape index (κ3) is 2.29. The Bertz CT molecular complexity index is 300. The summed E-state index contributed by atoms with van der Waals surface area (Å²) in [6.45, 7) is 3.35. The summed E-state index contributed by atoms with van der Waals surface area (Å²) < 4.78 is 0. The number of carbonyl (C=O) groups is 1. The average Bonchev–Trinajstić information content (AvgIpc) is 2.11. The smallest absolute Gasteiger partial charge is 0.250 e. The van der Waals surface area contributed by atoms with Crippen LogP contribution in [0.3, 0.4) is 0 Å². The van der Waals surface area contributed by atoms with E-state index in [0.717, 1.165) is 16.8 Å². The van der Waals surface area contributed by atoms with E-state index in [1.165, 1.54) is 0 Å². The van der Waals surface area contributed by atoms with Crippen LogP contribution in [-0.4, -0.2) is 17.6 Å². The molecule has 0 aliphatic rings. The Morgan fingerprint density at radius 2 is 1.92 bits per heavy atom. The van der Waals surface area contributed by atoms with Crippen LogP contribution in [0.5, 0.6) is 0 Å². The molecule has 1 aromatic rings. The quantitative estimate of drug-likeness (QED) is 0.717. The molecule has 0 fully saturated rings. The summed E-state index contributed by atoms with van der Waals surface area (Å²) in [5.41, 5.74) is 2.80. The van der Waals surface area contributed by atoms with Gasteiger partial charge >= 0.3 is 0 Å². The minimum absolute atomic E-state index is 0.377. The van der Waals surface area contributed by atoms with E-state index in [4.69, 9.17) is 5.11 Å². The first-order valence-corrected chi connectivity index (χ1v) is 4.12. The zero-order valence-electron chi connectivity index (χ0n) is 7.79. The van der Waals surface area contributed by atoms with Crippen molar-refractivity contribution in [1.29, 1.82) is 0 Å². The highest BCUT2D eigenvalue weighted by molar-refractivity contribution is 5.93. The van der Waals surface area contributed by atoms with E-state index in [0.29, 0.717) is 0 Å². The third-order valence-corrected chi connectivity index (χ3v) is 1.89. The Hall–Kier alpha value is -1.35. The van der Waals surface area contributed by atoms with Crippen molar-refractivity contribution in [2.75, 3.05) is 11.9 Å². The fraction of sp³-hybridized carbons (Fsp3) is 0.300. The molecule has 70 valence electrons. The zero-order valence-corrected chi connectivity index (χ0v) is 7.79. The summed E-state index contributed by atoms with van der Waals surface area (Å²) in [6.07, 6.45) is 0. The second-order valence-corrected chi connectivity index (χ2v) is 2.97. The van der Waals surface area contributed by atoms with Gasteiger partial charge < -0.3 is 10.4 Å². The van der Waals surface area contributed by atoms with Gasteiger partial charge in [-0.2, -0.15) is 0 Å². The maximum atomic E-state index is 10.9. The molecule has 0 heterocycles. The first-order valence-electron chi connectivity index (χ1n) is 4.12. The van der Waals surface area contributed by atoms with E-state index >= 15 is 0 Å². The number of amides is 1. The van der Waals surface area contributed by atoms with Crippen LogP contribution in [0, 0.1) is 13.8 Å². The van der Waals surface area contributed by atoms with Crippen LogP contribution in [0.1, 0.15) is 11.1 Å². The number of anilines is 1. The Morgan fingerprint density at radius 3 is 2.38 bits per heavy atom. The number of rotatable bonds is 2. The van der Waals surface area contributed by atoms with Gasteiger partial charge in [0.05, 0.1) is 0 Å². The molecule has 0 atom stereocenters. The van der Waals surface area contributed by atoms with Crippen LogP contribution in [0.15, 0.2) is 18.2 Å². The molecule has 1 aromatic carbocycles. The molecule has 1 rings (SSSR count). The molecular weight excluding hydrogens is 166 g/mol. The highest BCUT2D eigenvalue weighted by Crippen LogP contribution is 2.18. The highest BCUT2D eigenvalue weighted by Gasteiger charge is 2.04. The number of hydrogen-bond donors (Lipinski definition) is 2. The van der Waals surface area contributed by atoms with Crippen molar-refractivity contribution in [3.63, 3.8) is 0 Å². The van der Waals surface area contributed by atoms with Crippen LogP contribution in [0.25, 0.3) is 0 Å². The van der Waals surface area contributed by atoms with Crippen molar-refractivity contribution in [1.82, 2.24) is 0 Å². The lowest BCUT2D eigenvalue weighted by atomic mass is 10.1. The van der Waals surface area contributed by atoms with Crippen molar-refractivity contribution < 1.29 is 9.90 Å². The van der Waals surface area contributed by atoms with Gasteiger partial charge in [-0.25, -0.2) is 0 Å². The molecular formula is C10H13NO2. The van der Waals surface area contributed by atoms with Gasteiger partial charge in [0.1, 0.15) is 6.61 Å².